The quantitative estimate of drug-likeness (QED) is 0.827. The second-order valence-electron chi connectivity index (χ2n) is 4.88. The molecule has 20 heavy (non-hydrogen) atoms. The van der Waals surface area contributed by atoms with Crippen LogP contribution in [0.5, 0.6) is 0 Å². The number of pyridine rings is 1. The number of halogens is 2. The van der Waals surface area contributed by atoms with E-state index in [9.17, 15) is 13.6 Å². The molecule has 0 aromatic carbocycles. The number of Topliss-reactive ketones (excluding diaryl/α,β-unsaturated/α-hetero) is 1. The molecule has 1 aliphatic rings. The second-order valence-corrected chi connectivity index (χ2v) is 4.88. The summed E-state index contributed by atoms with van der Waals surface area (Å²) in [5.74, 6) is -2.82. The molecular formula is C14H13F2N3O. The summed E-state index contributed by atoms with van der Waals surface area (Å²) >= 11 is 0. The van der Waals surface area contributed by atoms with Crippen molar-refractivity contribution < 1.29 is 13.6 Å². The number of nitrogens with zero attached hydrogens (tertiary/aromatic N) is 1. The van der Waals surface area contributed by atoms with Crippen LogP contribution < -0.4 is 5.73 Å². The van der Waals surface area contributed by atoms with Crippen molar-refractivity contribution in [3.63, 3.8) is 0 Å². The molecule has 0 aliphatic heterocycles. The molecule has 4 nitrogen and oxygen atoms in total. The van der Waals surface area contributed by atoms with Gasteiger partial charge in [0.2, 0.25) is 0 Å². The van der Waals surface area contributed by atoms with Gasteiger partial charge in [-0.2, -0.15) is 0 Å². The van der Waals surface area contributed by atoms with Crippen LogP contribution in [0.4, 0.5) is 8.78 Å². The predicted molar refractivity (Wildman–Crippen MR) is 70.6 cm³/mol. The highest BCUT2D eigenvalue weighted by atomic mass is 19.1. The maximum Gasteiger partial charge on any atom is 0.177 e. The van der Waals surface area contributed by atoms with Gasteiger partial charge in [-0.3, -0.25) is 4.79 Å². The Morgan fingerprint density at radius 3 is 3.10 bits per heavy atom. The summed E-state index contributed by atoms with van der Waals surface area (Å²) in [6.45, 7) is 0. The summed E-state index contributed by atoms with van der Waals surface area (Å²) in [5, 5.41) is 0.552. The van der Waals surface area contributed by atoms with E-state index in [1.165, 1.54) is 12.3 Å². The molecule has 2 aromatic heterocycles. The number of hydrogen-bond acceptors (Lipinski definition) is 3. The number of hydrogen-bond donors (Lipinski definition) is 2. The number of H-pyrrole nitrogens is 1. The summed E-state index contributed by atoms with van der Waals surface area (Å²) in [4.78, 5) is 19.3. The molecule has 6 heteroatoms. The Labute approximate surface area is 113 Å². The van der Waals surface area contributed by atoms with Crippen molar-refractivity contribution in [3.05, 3.63) is 42.0 Å². The average molecular weight is 277 g/mol. The van der Waals surface area contributed by atoms with Crippen LogP contribution in [0.15, 0.2) is 36.4 Å². The predicted octanol–water partition coefficient (Wildman–Crippen LogP) is 2.28. The molecule has 0 radical (unpaired) electrons. The lowest BCUT2D eigenvalue weighted by Crippen LogP contribution is -2.42. The van der Waals surface area contributed by atoms with Crippen LogP contribution >= 0.6 is 0 Å². The molecule has 2 aromatic rings. The molecule has 3 atom stereocenters. The third kappa shape index (κ3) is 1.92. The highest BCUT2D eigenvalue weighted by Crippen LogP contribution is 2.32. The van der Waals surface area contributed by atoms with Gasteiger partial charge in [-0.15, -0.1) is 0 Å². The van der Waals surface area contributed by atoms with E-state index in [0.29, 0.717) is 11.0 Å². The van der Waals surface area contributed by atoms with Gasteiger partial charge >= 0.3 is 0 Å². The van der Waals surface area contributed by atoms with E-state index in [2.05, 4.69) is 9.97 Å². The van der Waals surface area contributed by atoms with Gasteiger partial charge in [0, 0.05) is 29.4 Å². The van der Waals surface area contributed by atoms with Crippen molar-refractivity contribution >= 4 is 16.8 Å². The summed E-state index contributed by atoms with van der Waals surface area (Å²) in [5.41, 5.74) is 6.32. The molecule has 0 fully saturated rings. The van der Waals surface area contributed by atoms with Crippen LogP contribution in [0.1, 0.15) is 16.8 Å². The first-order valence-electron chi connectivity index (χ1n) is 6.31. The first-order valence-corrected chi connectivity index (χ1v) is 6.31. The molecule has 0 saturated carbocycles. The lowest BCUT2D eigenvalue weighted by molar-refractivity contribution is 0.0814. The zero-order valence-corrected chi connectivity index (χ0v) is 10.5. The Morgan fingerprint density at radius 1 is 1.50 bits per heavy atom. The van der Waals surface area contributed by atoms with Crippen LogP contribution in [0.25, 0.3) is 11.0 Å². The number of ketones is 1. The number of aromatic nitrogens is 2. The molecule has 104 valence electrons. The van der Waals surface area contributed by atoms with Crippen LogP contribution in [0, 0.1) is 5.92 Å². The Bertz CT molecular complexity index is 695. The Kier molecular flexibility index (Phi) is 3.10. The van der Waals surface area contributed by atoms with Crippen LogP contribution in [0.2, 0.25) is 0 Å². The first-order chi connectivity index (χ1) is 9.59. The molecule has 2 heterocycles. The number of rotatable bonds is 2. The van der Waals surface area contributed by atoms with Crippen molar-refractivity contribution in [1.29, 1.82) is 0 Å². The highest BCUT2D eigenvalue weighted by Gasteiger charge is 2.40. The topological polar surface area (TPSA) is 71.8 Å². The van der Waals surface area contributed by atoms with Crippen molar-refractivity contribution in [2.24, 2.45) is 11.7 Å². The first kappa shape index (κ1) is 12.9. The van der Waals surface area contributed by atoms with E-state index in [0.717, 1.165) is 0 Å². The number of carbonyl (C=O) groups is 1. The number of aromatic amines is 1. The van der Waals surface area contributed by atoms with Gasteiger partial charge in [0.15, 0.2) is 5.78 Å². The zero-order valence-electron chi connectivity index (χ0n) is 10.5. The summed E-state index contributed by atoms with van der Waals surface area (Å²) in [6.07, 6.45) is 2.58. The smallest absolute Gasteiger partial charge is 0.177 e. The molecule has 3 rings (SSSR count). The molecule has 3 unspecified atom stereocenters. The monoisotopic (exact) mass is 277 g/mol. The summed E-state index contributed by atoms with van der Waals surface area (Å²) in [6, 6.07) is 2.49. The number of allylic oxidation sites excluding steroid dienone is 1. The molecule has 0 bridgehead atoms. The average Bonchev–Trinajstić information content (AvgIpc) is 2.87. The largest absolute Gasteiger partial charge is 0.345 e. The van der Waals surface area contributed by atoms with Crippen molar-refractivity contribution in [2.75, 3.05) is 0 Å². The summed E-state index contributed by atoms with van der Waals surface area (Å²) < 4.78 is 27.9. The van der Waals surface area contributed by atoms with Gasteiger partial charge in [-0.05, 0) is 18.6 Å². The standard InChI is InChI=1S/C14H13F2N3O/c15-9-3-4-10(17)12(16)11(9)13(20)8-6-19-14-7(8)2-1-5-18-14/h1-3,5-6,10-12H,4,17H2,(H,18,19). The van der Waals surface area contributed by atoms with E-state index >= 15 is 0 Å². The maximum atomic E-state index is 14.1. The Hall–Kier alpha value is -2.08. The van der Waals surface area contributed by atoms with Gasteiger partial charge in [-0.1, -0.05) is 6.08 Å². The zero-order chi connectivity index (χ0) is 14.3. The molecule has 0 spiro atoms. The van der Waals surface area contributed by atoms with E-state index < -0.39 is 29.7 Å². The van der Waals surface area contributed by atoms with E-state index in [1.54, 1.807) is 18.3 Å². The maximum absolute atomic E-state index is 14.1. The molecular weight excluding hydrogens is 264 g/mol. The SMILES string of the molecule is NC1CC=C(F)C(C(=O)c2c[nH]c3ncccc23)C1F. The van der Waals surface area contributed by atoms with Gasteiger partial charge in [-0.25, -0.2) is 13.8 Å². The number of carbonyl (C=O) groups excluding carboxylic acids is 1. The van der Waals surface area contributed by atoms with Gasteiger partial charge < -0.3 is 10.7 Å². The number of nitrogens with two attached hydrogens (primary N) is 1. The molecule has 0 saturated heterocycles. The fourth-order valence-electron chi connectivity index (χ4n) is 2.50. The lowest BCUT2D eigenvalue weighted by Gasteiger charge is -2.26. The third-order valence-corrected chi connectivity index (χ3v) is 3.61. The highest BCUT2D eigenvalue weighted by molar-refractivity contribution is 6.09. The Balaban J connectivity index is 2.04. The van der Waals surface area contributed by atoms with Gasteiger partial charge in [0.05, 0.1) is 0 Å². The van der Waals surface area contributed by atoms with Crippen molar-refractivity contribution in [2.45, 2.75) is 18.6 Å². The molecule has 0 amide bonds. The summed E-state index contributed by atoms with van der Waals surface area (Å²) in [7, 11) is 0. The van der Waals surface area contributed by atoms with E-state index in [1.807, 2.05) is 0 Å². The third-order valence-electron chi connectivity index (χ3n) is 3.61. The minimum atomic E-state index is -1.71. The van der Waals surface area contributed by atoms with Gasteiger partial charge in [0.1, 0.15) is 23.6 Å². The Morgan fingerprint density at radius 2 is 2.30 bits per heavy atom. The lowest BCUT2D eigenvalue weighted by atomic mass is 9.84. The fraction of sp³-hybridized carbons (Fsp3) is 0.286. The van der Waals surface area contributed by atoms with Gasteiger partial charge in [0.25, 0.3) is 0 Å². The van der Waals surface area contributed by atoms with Crippen LogP contribution in [-0.4, -0.2) is 28.0 Å². The van der Waals surface area contributed by atoms with Crippen molar-refractivity contribution in [1.82, 2.24) is 9.97 Å². The number of nitrogens with one attached hydrogen (secondary N) is 1. The second kappa shape index (κ2) is 4.79. The molecule has 1 aliphatic carbocycles. The molecule has 3 N–H and O–H groups in total. The van der Waals surface area contributed by atoms with Crippen molar-refractivity contribution in [3.8, 4) is 0 Å². The van der Waals surface area contributed by atoms with E-state index in [4.69, 9.17) is 5.73 Å². The van der Waals surface area contributed by atoms with Crippen LogP contribution in [0.3, 0.4) is 0 Å². The number of fused-ring (bicyclic) bond motifs is 1. The normalized spacial score (nSPS) is 26.6. The van der Waals surface area contributed by atoms with E-state index in [-0.39, 0.29) is 12.0 Å². The fourth-order valence-corrected chi connectivity index (χ4v) is 2.50. The number of alkyl halides is 1. The minimum Gasteiger partial charge on any atom is -0.345 e. The van der Waals surface area contributed by atoms with Crippen LogP contribution in [-0.2, 0) is 0 Å². The minimum absolute atomic E-state index is 0.103.